The van der Waals surface area contributed by atoms with E-state index in [4.69, 9.17) is 0 Å². The molecule has 0 bridgehead atoms. The quantitative estimate of drug-likeness (QED) is 0.774. The maximum absolute atomic E-state index is 12.3. The first-order valence-corrected chi connectivity index (χ1v) is 8.22. The van der Waals surface area contributed by atoms with Crippen molar-refractivity contribution < 1.29 is 4.79 Å². The summed E-state index contributed by atoms with van der Waals surface area (Å²) in [5.74, 6) is -0.0765. The average Bonchev–Trinajstić information content (AvgIpc) is 3.11. The van der Waals surface area contributed by atoms with Crippen molar-refractivity contribution in [2.75, 3.05) is 6.54 Å². The highest BCUT2D eigenvalue weighted by Crippen LogP contribution is 2.26. The topological polar surface area (TPSA) is 62.7 Å². The molecular formula is C19H24N4O. The molecule has 0 saturated carbocycles. The van der Waals surface area contributed by atoms with Gasteiger partial charge in [-0.3, -0.25) is 9.48 Å². The number of carbonyl (C=O) groups excluding carboxylic acids is 1. The van der Waals surface area contributed by atoms with Crippen molar-refractivity contribution in [1.29, 1.82) is 0 Å². The Bertz CT molecular complexity index is 867. The summed E-state index contributed by atoms with van der Waals surface area (Å²) >= 11 is 0. The van der Waals surface area contributed by atoms with Gasteiger partial charge in [-0.1, -0.05) is 26.8 Å². The number of nitrogens with one attached hydrogen (secondary N) is 2. The lowest BCUT2D eigenvalue weighted by atomic mass is 9.86. The van der Waals surface area contributed by atoms with Crippen LogP contribution in [0.1, 0.15) is 42.4 Å². The molecule has 2 heterocycles. The summed E-state index contributed by atoms with van der Waals surface area (Å²) in [6.45, 7) is 7.15. The highest BCUT2D eigenvalue weighted by Gasteiger charge is 2.15. The van der Waals surface area contributed by atoms with Gasteiger partial charge in [0.05, 0.1) is 6.20 Å². The largest absolute Gasteiger partial charge is 0.351 e. The number of fused-ring (bicyclic) bond motifs is 1. The molecule has 5 heteroatoms. The van der Waals surface area contributed by atoms with Gasteiger partial charge in [0.1, 0.15) is 5.69 Å². The van der Waals surface area contributed by atoms with Crippen molar-refractivity contribution >= 4 is 16.8 Å². The summed E-state index contributed by atoms with van der Waals surface area (Å²) in [6.07, 6.45) is 4.56. The molecule has 0 radical (unpaired) electrons. The Hall–Kier alpha value is -2.56. The van der Waals surface area contributed by atoms with Crippen LogP contribution in [0.4, 0.5) is 0 Å². The van der Waals surface area contributed by atoms with Gasteiger partial charge in [0, 0.05) is 30.7 Å². The number of hydrogen-bond donors (Lipinski definition) is 2. The second-order valence-electron chi connectivity index (χ2n) is 7.26. The Kier molecular flexibility index (Phi) is 4.18. The molecule has 1 amide bonds. The number of amides is 1. The lowest BCUT2D eigenvalue weighted by molar-refractivity contribution is 0.0950. The van der Waals surface area contributed by atoms with Crippen LogP contribution in [-0.2, 0) is 18.9 Å². The number of nitrogens with zero attached hydrogens (tertiary/aromatic N) is 2. The fraction of sp³-hybridized carbons (Fsp3) is 0.368. The van der Waals surface area contributed by atoms with Crippen molar-refractivity contribution in [1.82, 2.24) is 20.1 Å². The maximum atomic E-state index is 12.3. The van der Waals surface area contributed by atoms with Crippen molar-refractivity contribution in [3.8, 4) is 0 Å². The number of rotatable bonds is 4. The summed E-state index contributed by atoms with van der Waals surface area (Å²) in [7, 11) is 1.89. The van der Waals surface area contributed by atoms with Crippen LogP contribution in [0.5, 0.6) is 0 Å². The molecule has 3 aromatic rings. The molecular weight excluding hydrogens is 300 g/mol. The van der Waals surface area contributed by atoms with Crippen molar-refractivity contribution in [3.05, 3.63) is 53.5 Å². The molecule has 1 aromatic carbocycles. The molecule has 0 saturated heterocycles. The molecule has 0 aliphatic rings. The second kappa shape index (κ2) is 6.15. The number of H-pyrrole nitrogens is 1. The molecule has 0 atom stereocenters. The van der Waals surface area contributed by atoms with Crippen LogP contribution in [0, 0.1) is 0 Å². The van der Waals surface area contributed by atoms with Gasteiger partial charge in [-0.2, -0.15) is 5.10 Å². The van der Waals surface area contributed by atoms with Gasteiger partial charge in [0.25, 0.3) is 5.91 Å². The minimum absolute atomic E-state index is 0.0765. The van der Waals surface area contributed by atoms with Gasteiger partial charge in [-0.15, -0.1) is 0 Å². The van der Waals surface area contributed by atoms with Crippen LogP contribution in [0.3, 0.4) is 0 Å². The summed E-state index contributed by atoms with van der Waals surface area (Å²) in [5, 5.41) is 8.15. The van der Waals surface area contributed by atoms with E-state index in [9.17, 15) is 4.79 Å². The number of hydrogen-bond acceptors (Lipinski definition) is 2. The summed E-state index contributed by atoms with van der Waals surface area (Å²) in [5.41, 5.74) is 4.06. The zero-order chi connectivity index (χ0) is 17.3. The molecule has 3 rings (SSSR count). The monoisotopic (exact) mass is 324 g/mol. The van der Waals surface area contributed by atoms with Crippen molar-refractivity contribution in [2.24, 2.45) is 7.05 Å². The zero-order valence-electron chi connectivity index (χ0n) is 14.7. The van der Waals surface area contributed by atoms with E-state index >= 15 is 0 Å². The van der Waals surface area contributed by atoms with Crippen LogP contribution < -0.4 is 5.32 Å². The van der Waals surface area contributed by atoms with Crippen molar-refractivity contribution in [2.45, 2.75) is 32.6 Å². The van der Waals surface area contributed by atoms with Gasteiger partial charge < -0.3 is 10.3 Å². The molecule has 0 spiro atoms. The van der Waals surface area contributed by atoms with Crippen molar-refractivity contribution in [3.63, 3.8) is 0 Å². The predicted octanol–water partition coefficient (Wildman–Crippen LogP) is 3.17. The van der Waals surface area contributed by atoms with Gasteiger partial charge in [-0.25, -0.2) is 0 Å². The van der Waals surface area contributed by atoms with Gasteiger partial charge in [-0.05, 0) is 41.2 Å². The first-order valence-electron chi connectivity index (χ1n) is 8.22. The van der Waals surface area contributed by atoms with E-state index in [1.165, 1.54) is 5.56 Å². The number of carbonyl (C=O) groups is 1. The third kappa shape index (κ3) is 3.50. The predicted molar refractivity (Wildman–Crippen MR) is 96.2 cm³/mol. The minimum atomic E-state index is -0.0765. The van der Waals surface area contributed by atoms with Gasteiger partial charge in [0.2, 0.25) is 0 Å². The number of benzene rings is 1. The highest BCUT2D eigenvalue weighted by atomic mass is 16.1. The Morgan fingerprint density at radius 1 is 1.29 bits per heavy atom. The SMILES string of the molecule is Cn1cc(CCNC(=O)c2cc3cc(C(C)(C)C)ccc3[nH]2)cn1. The maximum Gasteiger partial charge on any atom is 0.267 e. The normalized spacial score (nSPS) is 11.8. The van der Waals surface area contributed by atoms with E-state index in [-0.39, 0.29) is 11.3 Å². The van der Waals surface area contributed by atoms with Gasteiger partial charge in [0.15, 0.2) is 0 Å². The van der Waals surface area contributed by atoms with E-state index in [1.807, 2.05) is 31.6 Å². The van der Waals surface area contributed by atoms with Crippen LogP contribution in [-0.4, -0.2) is 27.2 Å². The minimum Gasteiger partial charge on any atom is -0.351 e. The summed E-state index contributed by atoms with van der Waals surface area (Å²) in [4.78, 5) is 15.5. The lowest BCUT2D eigenvalue weighted by Crippen LogP contribution is -2.25. The fourth-order valence-electron chi connectivity index (χ4n) is 2.74. The zero-order valence-corrected chi connectivity index (χ0v) is 14.7. The van der Waals surface area contributed by atoms with E-state index < -0.39 is 0 Å². The fourth-order valence-corrected chi connectivity index (χ4v) is 2.74. The third-order valence-corrected chi connectivity index (χ3v) is 4.19. The Morgan fingerprint density at radius 2 is 2.08 bits per heavy atom. The highest BCUT2D eigenvalue weighted by molar-refractivity contribution is 5.98. The molecule has 126 valence electrons. The van der Waals surface area contributed by atoms with E-state index in [0.717, 1.165) is 22.9 Å². The molecule has 2 N–H and O–H groups in total. The first kappa shape index (κ1) is 16.3. The standard InChI is InChI=1S/C19H24N4O/c1-19(2,3)15-5-6-16-14(9-15)10-17(22-16)18(24)20-8-7-13-11-21-23(4)12-13/h5-6,9-12,22H,7-8H2,1-4H3,(H,20,24). The molecule has 2 aromatic heterocycles. The Labute approximate surface area is 142 Å². The average molecular weight is 324 g/mol. The second-order valence-corrected chi connectivity index (χ2v) is 7.26. The number of aromatic nitrogens is 3. The van der Waals surface area contributed by atoms with E-state index in [0.29, 0.717) is 12.2 Å². The molecule has 0 aliphatic heterocycles. The molecule has 0 unspecified atom stereocenters. The summed E-state index contributed by atoms with van der Waals surface area (Å²) in [6, 6.07) is 8.23. The van der Waals surface area contributed by atoms with E-state index in [2.05, 4.69) is 48.3 Å². The van der Waals surface area contributed by atoms with Crippen LogP contribution in [0.2, 0.25) is 0 Å². The van der Waals surface area contributed by atoms with Crippen LogP contribution in [0.25, 0.3) is 10.9 Å². The molecule has 5 nitrogen and oxygen atoms in total. The Balaban J connectivity index is 1.68. The van der Waals surface area contributed by atoms with Crippen LogP contribution in [0.15, 0.2) is 36.7 Å². The first-order chi connectivity index (χ1) is 11.3. The van der Waals surface area contributed by atoms with Gasteiger partial charge >= 0.3 is 0 Å². The third-order valence-electron chi connectivity index (χ3n) is 4.19. The molecule has 0 fully saturated rings. The number of aryl methyl sites for hydroxylation is 1. The Morgan fingerprint density at radius 3 is 2.75 bits per heavy atom. The van der Waals surface area contributed by atoms with E-state index in [1.54, 1.807) is 4.68 Å². The number of aromatic amines is 1. The molecule has 0 aliphatic carbocycles. The smallest absolute Gasteiger partial charge is 0.267 e. The van der Waals surface area contributed by atoms with Crippen LogP contribution >= 0.6 is 0 Å². The summed E-state index contributed by atoms with van der Waals surface area (Å²) < 4.78 is 1.77. The molecule has 24 heavy (non-hydrogen) atoms. The lowest BCUT2D eigenvalue weighted by Gasteiger charge is -2.18.